The van der Waals surface area contributed by atoms with Crippen molar-refractivity contribution < 1.29 is 9.59 Å². The van der Waals surface area contributed by atoms with E-state index in [4.69, 9.17) is 23.2 Å². The summed E-state index contributed by atoms with van der Waals surface area (Å²) in [5.74, 6) is -0.359. The molecular weight excluding hydrogens is 323 g/mol. The van der Waals surface area contributed by atoms with Crippen molar-refractivity contribution in [2.75, 3.05) is 25.0 Å². The van der Waals surface area contributed by atoms with Crippen LogP contribution in [0.4, 0.5) is 5.69 Å². The van der Waals surface area contributed by atoms with E-state index in [1.54, 1.807) is 35.0 Å². The van der Waals surface area contributed by atoms with E-state index in [0.717, 1.165) is 19.4 Å². The number of hydrogen-bond donors (Lipinski definition) is 0. The maximum absolute atomic E-state index is 12.4. The number of unbranched alkanes of at least 4 members (excludes halogenated alkanes) is 1. The molecule has 22 heavy (non-hydrogen) atoms. The summed E-state index contributed by atoms with van der Waals surface area (Å²) >= 11 is 12.0. The molecule has 1 heterocycles. The first-order valence-electron chi connectivity index (χ1n) is 7.44. The largest absolute Gasteiger partial charge is 0.345 e. The van der Waals surface area contributed by atoms with Crippen LogP contribution in [0.25, 0.3) is 0 Å². The van der Waals surface area contributed by atoms with E-state index in [-0.39, 0.29) is 24.2 Å². The Balaban J connectivity index is 2.09. The topological polar surface area (TPSA) is 40.6 Å². The van der Waals surface area contributed by atoms with Gasteiger partial charge in [-0.25, -0.2) is 0 Å². The van der Waals surface area contributed by atoms with Crippen LogP contribution in [0.3, 0.4) is 0 Å². The molecule has 0 saturated carbocycles. The van der Waals surface area contributed by atoms with Crippen LogP contribution in [-0.2, 0) is 9.59 Å². The van der Waals surface area contributed by atoms with Crippen molar-refractivity contribution in [3.63, 3.8) is 0 Å². The van der Waals surface area contributed by atoms with Gasteiger partial charge in [0.25, 0.3) is 0 Å². The van der Waals surface area contributed by atoms with Gasteiger partial charge in [0.05, 0.1) is 16.6 Å². The Labute approximate surface area is 141 Å². The lowest BCUT2D eigenvalue weighted by Crippen LogP contribution is -2.35. The van der Waals surface area contributed by atoms with Crippen molar-refractivity contribution in [3.8, 4) is 0 Å². The summed E-state index contributed by atoms with van der Waals surface area (Å²) in [5.41, 5.74) is 0.613. The number of rotatable bonds is 5. The Bertz CT molecular complexity index is 577. The molecule has 120 valence electrons. The summed E-state index contributed by atoms with van der Waals surface area (Å²) in [6.45, 7) is 3.18. The fourth-order valence-electron chi connectivity index (χ4n) is 2.62. The zero-order chi connectivity index (χ0) is 16.3. The highest BCUT2D eigenvalue weighted by atomic mass is 35.5. The maximum atomic E-state index is 12.4. The Hall–Kier alpha value is -1.26. The fraction of sp³-hybridized carbons (Fsp3) is 0.500. The van der Waals surface area contributed by atoms with E-state index in [2.05, 4.69) is 6.92 Å². The van der Waals surface area contributed by atoms with Crippen LogP contribution in [0, 0.1) is 5.92 Å². The van der Waals surface area contributed by atoms with Crippen molar-refractivity contribution in [1.82, 2.24) is 4.90 Å². The lowest BCUT2D eigenvalue weighted by molar-refractivity contribution is -0.134. The van der Waals surface area contributed by atoms with Gasteiger partial charge in [0.2, 0.25) is 11.8 Å². The molecule has 0 N–H and O–H groups in total. The van der Waals surface area contributed by atoms with E-state index in [1.807, 2.05) is 0 Å². The van der Waals surface area contributed by atoms with E-state index in [1.165, 1.54) is 0 Å². The molecule has 1 aliphatic rings. The van der Waals surface area contributed by atoms with Gasteiger partial charge in [-0.05, 0) is 24.6 Å². The summed E-state index contributed by atoms with van der Waals surface area (Å²) in [6.07, 6.45) is 2.23. The zero-order valence-electron chi connectivity index (χ0n) is 12.8. The molecule has 1 unspecified atom stereocenters. The fourth-order valence-corrected chi connectivity index (χ4v) is 3.13. The standard InChI is InChI=1S/C16H20Cl2N2O2/c1-3-4-7-19(2)16(22)11-8-15(21)20(10-11)14-6-5-12(17)9-13(14)18/h5-6,9,11H,3-4,7-8,10H2,1-2H3. The Morgan fingerprint density at radius 1 is 1.41 bits per heavy atom. The third-order valence-corrected chi connectivity index (χ3v) is 4.44. The molecule has 4 nitrogen and oxygen atoms in total. The first-order chi connectivity index (χ1) is 10.4. The van der Waals surface area contributed by atoms with Gasteiger partial charge in [0.15, 0.2) is 0 Å². The molecule has 0 aliphatic carbocycles. The number of amides is 2. The van der Waals surface area contributed by atoms with Crippen LogP contribution < -0.4 is 4.90 Å². The third kappa shape index (κ3) is 3.73. The summed E-state index contributed by atoms with van der Waals surface area (Å²) in [5, 5.41) is 0.945. The molecule has 1 saturated heterocycles. The summed E-state index contributed by atoms with van der Waals surface area (Å²) < 4.78 is 0. The molecule has 6 heteroatoms. The zero-order valence-corrected chi connectivity index (χ0v) is 14.3. The number of carbonyl (C=O) groups is 2. The van der Waals surface area contributed by atoms with E-state index in [9.17, 15) is 9.59 Å². The first-order valence-corrected chi connectivity index (χ1v) is 8.20. The molecule has 0 bridgehead atoms. The Morgan fingerprint density at radius 3 is 2.77 bits per heavy atom. The van der Waals surface area contributed by atoms with Gasteiger partial charge in [-0.1, -0.05) is 36.5 Å². The smallest absolute Gasteiger partial charge is 0.227 e. The number of hydrogen-bond acceptors (Lipinski definition) is 2. The minimum Gasteiger partial charge on any atom is -0.345 e. The molecule has 0 spiro atoms. The van der Waals surface area contributed by atoms with Crippen LogP contribution >= 0.6 is 23.2 Å². The number of carbonyl (C=O) groups excluding carboxylic acids is 2. The lowest BCUT2D eigenvalue weighted by atomic mass is 10.1. The van der Waals surface area contributed by atoms with Crippen LogP contribution in [0.5, 0.6) is 0 Å². The molecule has 1 aromatic rings. The third-order valence-electron chi connectivity index (χ3n) is 3.90. The predicted octanol–water partition coefficient (Wildman–Crippen LogP) is 3.60. The van der Waals surface area contributed by atoms with Crippen LogP contribution in [-0.4, -0.2) is 36.9 Å². The Kier molecular flexibility index (Phi) is 5.70. The van der Waals surface area contributed by atoms with Gasteiger partial charge in [-0.15, -0.1) is 0 Å². The second-order valence-electron chi connectivity index (χ2n) is 5.61. The van der Waals surface area contributed by atoms with Crippen LogP contribution in [0.15, 0.2) is 18.2 Å². The molecule has 0 aromatic heterocycles. The second kappa shape index (κ2) is 7.34. The minimum absolute atomic E-state index is 0.0226. The van der Waals surface area contributed by atoms with E-state index in [0.29, 0.717) is 22.3 Å². The number of nitrogens with zero attached hydrogens (tertiary/aromatic N) is 2. The highest BCUT2D eigenvalue weighted by Crippen LogP contribution is 2.33. The quantitative estimate of drug-likeness (QED) is 0.820. The van der Waals surface area contributed by atoms with Crippen molar-refractivity contribution >= 4 is 40.7 Å². The maximum Gasteiger partial charge on any atom is 0.227 e. The van der Waals surface area contributed by atoms with Gasteiger partial charge in [-0.3, -0.25) is 9.59 Å². The lowest BCUT2D eigenvalue weighted by Gasteiger charge is -2.21. The van der Waals surface area contributed by atoms with Crippen molar-refractivity contribution in [3.05, 3.63) is 28.2 Å². The molecular formula is C16H20Cl2N2O2. The van der Waals surface area contributed by atoms with Gasteiger partial charge in [0, 0.05) is 31.6 Å². The molecule has 1 aromatic carbocycles. The van der Waals surface area contributed by atoms with E-state index >= 15 is 0 Å². The predicted molar refractivity (Wildman–Crippen MR) is 89.5 cm³/mol. The molecule has 1 fully saturated rings. The summed E-state index contributed by atoms with van der Waals surface area (Å²) in [6, 6.07) is 5.02. The first kappa shape index (κ1) is 17.1. The second-order valence-corrected chi connectivity index (χ2v) is 6.46. The average Bonchev–Trinajstić information content (AvgIpc) is 2.85. The van der Waals surface area contributed by atoms with Gasteiger partial charge < -0.3 is 9.80 Å². The highest BCUT2D eigenvalue weighted by Gasteiger charge is 2.37. The number of halogens is 2. The summed E-state index contributed by atoms with van der Waals surface area (Å²) in [7, 11) is 1.79. The van der Waals surface area contributed by atoms with Gasteiger partial charge >= 0.3 is 0 Å². The SMILES string of the molecule is CCCCN(C)C(=O)C1CC(=O)N(c2ccc(Cl)cc2Cl)C1. The van der Waals surface area contributed by atoms with Crippen molar-refractivity contribution in [2.24, 2.45) is 5.92 Å². The van der Waals surface area contributed by atoms with Crippen molar-refractivity contribution in [1.29, 1.82) is 0 Å². The normalized spacial score (nSPS) is 17.9. The van der Waals surface area contributed by atoms with Crippen molar-refractivity contribution in [2.45, 2.75) is 26.2 Å². The highest BCUT2D eigenvalue weighted by molar-refractivity contribution is 6.36. The molecule has 1 atom stereocenters. The van der Waals surface area contributed by atoms with Crippen LogP contribution in [0.1, 0.15) is 26.2 Å². The number of benzene rings is 1. The molecule has 2 amide bonds. The van der Waals surface area contributed by atoms with Crippen LogP contribution in [0.2, 0.25) is 10.0 Å². The average molecular weight is 343 g/mol. The minimum atomic E-state index is -0.305. The molecule has 1 aliphatic heterocycles. The number of anilines is 1. The Morgan fingerprint density at radius 2 is 2.14 bits per heavy atom. The van der Waals surface area contributed by atoms with E-state index < -0.39 is 0 Å². The monoisotopic (exact) mass is 342 g/mol. The molecule has 0 radical (unpaired) electrons. The van der Waals surface area contributed by atoms with Gasteiger partial charge in [-0.2, -0.15) is 0 Å². The molecule has 2 rings (SSSR count). The summed E-state index contributed by atoms with van der Waals surface area (Å²) in [4.78, 5) is 27.9. The van der Waals surface area contributed by atoms with Gasteiger partial charge in [0.1, 0.15) is 0 Å².